The maximum atomic E-state index is 12.2. The van der Waals surface area contributed by atoms with Crippen LogP contribution in [0.15, 0.2) is 24.3 Å². The van der Waals surface area contributed by atoms with E-state index in [1.807, 2.05) is 6.07 Å². The van der Waals surface area contributed by atoms with E-state index in [4.69, 9.17) is 5.26 Å². The molecule has 1 heterocycles. The lowest BCUT2D eigenvalue weighted by Gasteiger charge is -2.23. The molecule has 0 aromatic heterocycles. The number of hydrogen-bond acceptors (Lipinski definition) is 4. The van der Waals surface area contributed by atoms with Gasteiger partial charge in [0.05, 0.1) is 17.6 Å². The highest BCUT2D eigenvalue weighted by Crippen LogP contribution is 2.17. The zero-order chi connectivity index (χ0) is 15.4. The van der Waals surface area contributed by atoms with Gasteiger partial charge in [-0.05, 0) is 31.0 Å². The molecule has 0 radical (unpaired) electrons. The van der Waals surface area contributed by atoms with Crippen molar-refractivity contribution in [2.24, 2.45) is 0 Å². The fraction of sp³-hybridized carbons (Fsp3) is 0.333. The van der Waals surface area contributed by atoms with E-state index in [9.17, 15) is 14.4 Å². The molecular formula is C15H15N3O3. The van der Waals surface area contributed by atoms with Gasteiger partial charge in [-0.3, -0.25) is 19.7 Å². The van der Waals surface area contributed by atoms with Gasteiger partial charge in [-0.25, -0.2) is 0 Å². The highest BCUT2D eigenvalue weighted by molar-refractivity contribution is 6.02. The van der Waals surface area contributed by atoms with E-state index in [2.05, 4.69) is 10.6 Å². The number of amides is 3. The Kier molecular flexibility index (Phi) is 4.33. The molecule has 2 unspecified atom stereocenters. The van der Waals surface area contributed by atoms with Gasteiger partial charge in [0.25, 0.3) is 0 Å². The summed E-state index contributed by atoms with van der Waals surface area (Å²) in [4.78, 5) is 34.8. The second kappa shape index (κ2) is 6.18. The first-order valence-corrected chi connectivity index (χ1v) is 6.65. The van der Waals surface area contributed by atoms with Crippen LogP contribution >= 0.6 is 0 Å². The van der Waals surface area contributed by atoms with Crippen LogP contribution in [-0.2, 0) is 14.4 Å². The minimum Gasteiger partial charge on any atom is -0.344 e. The lowest BCUT2D eigenvalue weighted by atomic mass is 9.98. The molecule has 1 fully saturated rings. The average molecular weight is 285 g/mol. The molecule has 6 heteroatoms. The van der Waals surface area contributed by atoms with Crippen molar-refractivity contribution in [2.75, 3.05) is 0 Å². The van der Waals surface area contributed by atoms with Crippen LogP contribution in [0.2, 0.25) is 0 Å². The van der Waals surface area contributed by atoms with Crippen LogP contribution in [0.25, 0.3) is 0 Å². The van der Waals surface area contributed by atoms with Crippen molar-refractivity contribution in [3.8, 4) is 6.07 Å². The maximum absolute atomic E-state index is 12.2. The van der Waals surface area contributed by atoms with Crippen LogP contribution in [0.5, 0.6) is 0 Å². The SMILES string of the molecule is CC(C(=O)NC1CCC(=O)NC1=O)c1ccc(C#N)cc1. The highest BCUT2D eigenvalue weighted by atomic mass is 16.2. The van der Waals surface area contributed by atoms with Crippen molar-refractivity contribution in [2.45, 2.75) is 31.7 Å². The quantitative estimate of drug-likeness (QED) is 0.794. The van der Waals surface area contributed by atoms with Gasteiger partial charge in [-0.1, -0.05) is 12.1 Å². The number of rotatable bonds is 3. The van der Waals surface area contributed by atoms with E-state index in [0.29, 0.717) is 12.0 Å². The largest absolute Gasteiger partial charge is 0.344 e. The van der Waals surface area contributed by atoms with Gasteiger partial charge in [-0.15, -0.1) is 0 Å². The number of nitrogens with zero attached hydrogens (tertiary/aromatic N) is 1. The Hall–Kier alpha value is -2.68. The van der Waals surface area contributed by atoms with Gasteiger partial charge >= 0.3 is 0 Å². The minimum atomic E-state index is -0.670. The van der Waals surface area contributed by atoms with Crippen LogP contribution in [0, 0.1) is 11.3 Å². The van der Waals surface area contributed by atoms with E-state index >= 15 is 0 Å². The molecule has 1 aliphatic rings. The van der Waals surface area contributed by atoms with Crippen molar-refractivity contribution in [3.63, 3.8) is 0 Å². The summed E-state index contributed by atoms with van der Waals surface area (Å²) < 4.78 is 0. The fourth-order valence-corrected chi connectivity index (χ4v) is 2.13. The van der Waals surface area contributed by atoms with Crippen molar-refractivity contribution in [1.82, 2.24) is 10.6 Å². The zero-order valence-corrected chi connectivity index (χ0v) is 11.6. The maximum Gasteiger partial charge on any atom is 0.249 e. The number of carbonyl (C=O) groups excluding carboxylic acids is 3. The Morgan fingerprint density at radius 3 is 2.62 bits per heavy atom. The van der Waals surface area contributed by atoms with Gasteiger partial charge < -0.3 is 5.32 Å². The first-order valence-electron chi connectivity index (χ1n) is 6.65. The van der Waals surface area contributed by atoms with Gasteiger partial charge in [0.1, 0.15) is 6.04 Å². The molecule has 1 aromatic carbocycles. The topological polar surface area (TPSA) is 99.1 Å². The number of piperidine rings is 1. The van der Waals surface area contributed by atoms with Crippen LogP contribution in [0.3, 0.4) is 0 Å². The number of hydrogen-bond donors (Lipinski definition) is 2. The van der Waals surface area contributed by atoms with E-state index in [-0.39, 0.29) is 18.2 Å². The summed E-state index contributed by atoms with van der Waals surface area (Å²) in [5.41, 5.74) is 1.29. The Morgan fingerprint density at radius 1 is 1.38 bits per heavy atom. The molecule has 0 spiro atoms. The number of nitrogens with one attached hydrogen (secondary N) is 2. The molecule has 0 saturated carbocycles. The first kappa shape index (κ1) is 14.7. The summed E-state index contributed by atoms with van der Waals surface area (Å²) in [6, 6.07) is 8.06. The summed E-state index contributed by atoms with van der Waals surface area (Å²) in [6.07, 6.45) is 0.540. The third kappa shape index (κ3) is 3.45. The Bertz CT molecular complexity index is 616. The lowest BCUT2D eigenvalue weighted by Crippen LogP contribution is -2.52. The van der Waals surface area contributed by atoms with E-state index in [0.717, 1.165) is 5.56 Å². The number of nitriles is 1. The molecule has 3 amide bonds. The van der Waals surface area contributed by atoms with Crippen molar-refractivity contribution in [3.05, 3.63) is 35.4 Å². The average Bonchev–Trinajstić information content (AvgIpc) is 2.49. The molecule has 2 rings (SSSR count). The van der Waals surface area contributed by atoms with E-state index < -0.39 is 17.9 Å². The normalized spacial score (nSPS) is 19.3. The smallest absolute Gasteiger partial charge is 0.249 e. The summed E-state index contributed by atoms with van der Waals surface area (Å²) in [5, 5.41) is 13.6. The highest BCUT2D eigenvalue weighted by Gasteiger charge is 2.29. The van der Waals surface area contributed by atoms with Crippen LogP contribution in [0.4, 0.5) is 0 Å². The molecule has 1 aliphatic heterocycles. The number of carbonyl (C=O) groups is 3. The number of imide groups is 1. The third-order valence-corrected chi connectivity index (χ3v) is 3.49. The Balaban J connectivity index is 2.00. The lowest BCUT2D eigenvalue weighted by molar-refractivity contribution is -0.137. The molecule has 21 heavy (non-hydrogen) atoms. The summed E-state index contributed by atoms with van der Waals surface area (Å²) >= 11 is 0. The van der Waals surface area contributed by atoms with Crippen LogP contribution in [-0.4, -0.2) is 23.8 Å². The standard InChI is InChI=1S/C15H15N3O3/c1-9(11-4-2-10(8-16)3-5-11)14(20)17-12-6-7-13(19)18-15(12)21/h2-5,9,12H,6-7H2,1H3,(H,17,20)(H,18,19,21). The molecule has 6 nitrogen and oxygen atoms in total. The molecule has 2 atom stereocenters. The van der Waals surface area contributed by atoms with Gasteiger partial charge in [0.15, 0.2) is 0 Å². The monoisotopic (exact) mass is 285 g/mol. The van der Waals surface area contributed by atoms with Crippen molar-refractivity contribution in [1.29, 1.82) is 5.26 Å². The Morgan fingerprint density at radius 2 is 2.05 bits per heavy atom. The molecule has 0 bridgehead atoms. The van der Waals surface area contributed by atoms with Gasteiger partial charge in [0, 0.05) is 6.42 Å². The fourth-order valence-electron chi connectivity index (χ4n) is 2.13. The van der Waals surface area contributed by atoms with Crippen molar-refractivity contribution < 1.29 is 14.4 Å². The van der Waals surface area contributed by atoms with E-state index in [1.165, 1.54) is 0 Å². The molecule has 108 valence electrons. The molecule has 0 aliphatic carbocycles. The molecule has 1 aromatic rings. The molecule has 2 N–H and O–H groups in total. The predicted octanol–water partition coefficient (Wildman–Crippen LogP) is 0.583. The molecular weight excluding hydrogens is 270 g/mol. The van der Waals surface area contributed by atoms with Crippen molar-refractivity contribution >= 4 is 17.7 Å². The molecule has 1 saturated heterocycles. The third-order valence-electron chi connectivity index (χ3n) is 3.49. The summed E-state index contributed by atoms with van der Waals surface area (Å²) in [6.45, 7) is 1.72. The van der Waals surface area contributed by atoms with Gasteiger partial charge in [0.2, 0.25) is 17.7 Å². The second-order valence-corrected chi connectivity index (χ2v) is 4.97. The second-order valence-electron chi connectivity index (χ2n) is 4.97. The van der Waals surface area contributed by atoms with Crippen LogP contribution in [0.1, 0.15) is 36.8 Å². The first-order chi connectivity index (χ1) is 10.0. The van der Waals surface area contributed by atoms with E-state index in [1.54, 1.807) is 31.2 Å². The zero-order valence-electron chi connectivity index (χ0n) is 11.6. The van der Waals surface area contributed by atoms with Gasteiger partial charge in [-0.2, -0.15) is 5.26 Å². The minimum absolute atomic E-state index is 0.224. The predicted molar refractivity (Wildman–Crippen MR) is 73.9 cm³/mol. The number of benzene rings is 1. The summed E-state index contributed by atoms with van der Waals surface area (Å²) in [5.74, 6) is -1.50. The Labute approximate surface area is 122 Å². The van der Waals surface area contributed by atoms with Crippen LogP contribution < -0.4 is 10.6 Å². The summed E-state index contributed by atoms with van der Waals surface area (Å²) in [7, 11) is 0.